The van der Waals surface area contributed by atoms with Crippen LogP contribution in [-0.4, -0.2) is 4.83 Å². The van der Waals surface area contributed by atoms with Crippen molar-refractivity contribution in [2.45, 2.75) is 58.2 Å². The Morgan fingerprint density at radius 3 is 1.50 bits per heavy atom. The van der Waals surface area contributed by atoms with Crippen molar-refractivity contribution in [3.8, 4) is 0 Å². The highest BCUT2D eigenvalue weighted by Crippen LogP contribution is 2.12. The van der Waals surface area contributed by atoms with Crippen molar-refractivity contribution < 1.29 is 0 Å². The van der Waals surface area contributed by atoms with Gasteiger partial charge in [0.15, 0.2) is 0 Å². The molecule has 0 atom stereocenters. The smallest absolute Gasteiger partial charge is 0.0145 e. The molecule has 0 nitrogen and oxygen atoms in total. The SMILES string of the molecule is CC.CCCC(Br)CCC. The number of rotatable bonds is 4. The minimum Gasteiger partial charge on any atom is -0.0891 e. The molecule has 0 radical (unpaired) electrons. The van der Waals surface area contributed by atoms with Gasteiger partial charge in [0, 0.05) is 4.83 Å². The zero-order chi connectivity index (χ0) is 8.41. The van der Waals surface area contributed by atoms with Crippen molar-refractivity contribution in [2.24, 2.45) is 0 Å². The molecule has 0 unspecified atom stereocenters. The van der Waals surface area contributed by atoms with Crippen molar-refractivity contribution in [1.82, 2.24) is 0 Å². The van der Waals surface area contributed by atoms with Crippen molar-refractivity contribution in [2.75, 3.05) is 0 Å². The largest absolute Gasteiger partial charge is 0.0891 e. The van der Waals surface area contributed by atoms with Gasteiger partial charge in [-0.05, 0) is 12.8 Å². The van der Waals surface area contributed by atoms with Crippen LogP contribution in [0.2, 0.25) is 0 Å². The van der Waals surface area contributed by atoms with Crippen LogP contribution in [0.5, 0.6) is 0 Å². The van der Waals surface area contributed by atoms with E-state index in [-0.39, 0.29) is 0 Å². The van der Waals surface area contributed by atoms with E-state index in [0.29, 0.717) is 0 Å². The third-order valence-electron chi connectivity index (χ3n) is 1.20. The van der Waals surface area contributed by atoms with E-state index < -0.39 is 0 Å². The summed E-state index contributed by atoms with van der Waals surface area (Å²) in [7, 11) is 0. The molecule has 0 saturated carbocycles. The quantitative estimate of drug-likeness (QED) is 0.603. The van der Waals surface area contributed by atoms with Gasteiger partial charge in [-0.2, -0.15) is 0 Å². The second-order valence-electron chi connectivity index (χ2n) is 2.17. The first-order chi connectivity index (χ1) is 4.81. The van der Waals surface area contributed by atoms with Crippen LogP contribution in [0.3, 0.4) is 0 Å². The molecule has 0 aromatic heterocycles. The molecule has 0 N–H and O–H groups in total. The van der Waals surface area contributed by atoms with Crippen LogP contribution >= 0.6 is 15.9 Å². The average molecular weight is 209 g/mol. The predicted molar refractivity (Wildman–Crippen MR) is 53.9 cm³/mol. The molecule has 0 fully saturated rings. The molecule has 0 aromatic rings. The summed E-state index contributed by atoms with van der Waals surface area (Å²) in [5, 5.41) is 0. The molecule has 0 aliphatic rings. The maximum atomic E-state index is 3.60. The third-order valence-corrected chi connectivity index (χ3v) is 2.12. The van der Waals surface area contributed by atoms with Gasteiger partial charge in [-0.15, -0.1) is 0 Å². The van der Waals surface area contributed by atoms with Gasteiger partial charge in [-0.25, -0.2) is 0 Å². The molecule has 0 aromatic carbocycles. The minimum atomic E-state index is 0.775. The highest BCUT2D eigenvalue weighted by Gasteiger charge is 1.97. The van der Waals surface area contributed by atoms with Gasteiger partial charge >= 0.3 is 0 Å². The van der Waals surface area contributed by atoms with E-state index in [9.17, 15) is 0 Å². The Morgan fingerprint density at radius 1 is 1.00 bits per heavy atom. The zero-order valence-electron chi connectivity index (χ0n) is 7.78. The summed E-state index contributed by atoms with van der Waals surface area (Å²) < 4.78 is 0. The van der Waals surface area contributed by atoms with Crippen LogP contribution < -0.4 is 0 Å². The number of hydrogen-bond donors (Lipinski definition) is 0. The topological polar surface area (TPSA) is 0 Å². The highest BCUT2D eigenvalue weighted by molar-refractivity contribution is 9.09. The van der Waals surface area contributed by atoms with E-state index in [2.05, 4.69) is 29.8 Å². The summed E-state index contributed by atoms with van der Waals surface area (Å²) in [6.45, 7) is 8.45. The Labute approximate surface area is 74.5 Å². The van der Waals surface area contributed by atoms with Gasteiger partial charge in [0.1, 0.15) is 0 Å². The maximum absolute atomic E-state index is 3.60. The third kappa shape index (κ3) is 11.3. The van der Waals surface area contributed by atoms with Gasteiger partial charge < -0.3 is 0 Å². The van der Waals surface area contributed by atoms with Gasteiger partial charge in [-0.1, -0.05) is 56.5 Å². The minimum absolute atomic E-state index is 0.775. The molecule has 10 heavy (non-hydrogen) atoms. The van der Waals surface area contributed by atoms with E-state index in [1.807, 2.05) is 13.8 Å². The second kappa shape index (κ2) is 12.2. The van der Waals surface area contributed by atoms with Crippen LogP contribution in [0.4, 0.5) is 0 Å². The molecule has 64 valence electrons. The van der Waals surface area contributed by atoms with Crippen LogP contribution in [0.15, 0.2) is 0 Å². The Balaban J connectivity index is 0. The van der Waals surface area contributed by atoms with Crippen molar-refractivity contribution in [3.05, 3.63) is 0 Å². The first-order valence-corrected chi connectivity index (χ1v) is 5.36. The Bertz CT molecular complexity index is 38.0. The van der Waals surface area contributed by atoms with Crippen molar-refractivity contribution in [3.63, 3.8) is 0 Å². The predicted octanol–water partition coefficient (Wildman–Crippen LogP) is 4.38. The van der Waals surface area contributed by atoms with Crippen molar-refractivity contribution in [1.29, 1.82) is 0 Å². The first-order valence-electron chi connectivity index (χ1n) is 4.45. The van der Waals surface area contributed by atoms with E-state index in [0.717, 1.165) is 4.83 Å². The van der Waals surface area contributed by atoms with Gasteiger partial charge in [-0.3, -0.25) is 0 Å². The number of alkyl halides is 1. The standard InChI is InChI=1S/C7H15Br.C2H6/c1-3-5-7(8)6-4-2;1-2/h7H,3-6H2,1-2H3;1-2H3. The highest BCUT2D eigenvalue weighted by atomic mass is 79.9. The fourth-order valence-electron chi connectivity index (χ4n) is 0.771. The fourth-order valence-corrected chi connectivity index (χ4v) is 1.69. The monoisotopic (exact) mass is 208 g/mol. The van der Waals surface area contributed by atoms with Crippen molar-refractivity contribution >= 4 is 15.9 Å². The summed E-state index contributed by atoms with van der Waals surface area (Å²) in [4.78, 5) is 0.775. The summed E-state index contributed by atoms with van der Waals surface area (Å²) in [6, 6.07) is 0. The molecule has 0 heterocycles. The molecule has 0 aliphatic carbocycles. The number of halogens is 1. The normalized spacial score (nSPS) is 9.00. The molecule has 0 spiro atoms. The van der Waals surface area contributed by atoms with Gasteiger partial charge in [0.2, 0.25) is 0 Å². The summed E-state index contributed by atoms with van der Waals surface area (Å²) in [5.74, 6) is 0. The summed E-state index contributed by atoms with van der Waals surface area (Å²) in [5.41, 5.74) is 0. The molecule has 1 heteroatoms. The number of hydrogen-bond acceptors (Lipinski definition) is 0. The summed E-state index contributed by atoms with van der Waals surface area (Å²) >= 11 is 3.60. The first kappa shape index (κ1) is 13.1. The molecule has 0 bridgehead atoms. The van der Waals surface area contributed by atoms with Gasteiger partial charge in [0.05, 0.1) is 0 Å². The second-order valence-corrected chi connectivity index (χ2v) is 3.47. The average Bonchev–Trinajstić information content (AvgIpc) is 1.93. The van der Waals surface area contributed by atoms with Crippen LogP contribution in [-0.2, 0) is 0 Å². The lowest BCUT2D eigenvalue weighted by Gasteiger charge is -2.03. The lowest BCUT2D eigenvalue weighted by Crippen LogP contribution is -1.94. The molecular formula is C9H21Br. The zero-order valence-corrected chi connectivity index (χ0v) is 9.37. The van der Waals surface area contributed by atoms with E-state index in [1.54, 1.807) is 0 Å². The molecule has 0 aliphatic heterocycles. The molecule has 0 amide bonds. The Kier molecular flexibility index (Phi) is 16.0. The van der Waals surface area contributed by atoms with E-state index in [4.69, 9.17) is 0 Å². The fraction of sp³-hybridized carbons (Fsp3) is 1.00. The lowest BCUT2D eigenvalue weighted by molar-refractivity contribution is 0.682. The molecular weight excluding hydrogens is 188 g/mol. The maximum Gasteiger partial charge on any atom is 0.0145 e. The van der Waals surface area contributed by atoms with Crippen LogP contribution in [0.1, 0.15) is 53.4 Å². The lowest BCUT2D eigenvalue weighted by atomic mass is 10.2. The van der Waals surface area contributed by atoms with Crippen LogP contribution in [0.25, 0.3) is 0 Å². The van der Waals surface area contributed by atoms with E-state index >= 15 is 0 Å². The van der Waals surface area contributed by atoms with Gasteiger partial charge in [0.25, 0.3) is 0 Å². The molecule has 0 rings (SSSR count). The Morgan fingerprint density at radius 2 is 1.30 bits per heavy atom. The van der Waals surface area contributed by atoms with Crippen LogP contribution in [0, 0.1) is 0 Å². The summed E-state index contributed by atoms with van der Waals surface area (Å²) in [6.07, 6.45) is 5.26. The Hall–Kier alpha value is 0.480. The van der Waals surface area contributed by atoms with E-state index in [1.165, 1.54) is 25.7 Å². The molecule has 0 saturated heterocycles.